The lowest BCUT2D eigenvalue weighted by atomic mass is 9.96. The number of benzene rings is 1. The van der Waals surface area contributed by atoms with Crippen molar-refractivity contribution in [2.45, 2.75) is 45.1 Å². The highest BCUT2D eigenvalue weighted by Gasteiger charge is 2.28. The third kappa shape index (κ3) is 3.97. The predicted octanol–water partition coefficient (Wildman–Crippen LogP) is 3.51. The first-order valence-electron chi connectivity index (χ1n) is 7.28. The van der Waals surface area contributed by atoms with Crippen LogP contribution in [0.25, 0.3) is 0 Å². The second-order valence-electron chi connectivity index (χ2n) is 5.54. The number of piperidine rings is 1. The summed E-state index contributed by atoms with van der Waals surface area (Å²) in [6, 6.07) is 5.32. The van der Waals surface area contributed by atoms with Gasteiger partial charge in [-0.3, -0.25) is 9.59 Å². The molecule has 0 bridgehead atoms. The maximum absolute atomic E-state index is 12.7. The van der Waals surface area contributed by atoms with E-state index >= 15 is 0 Å². The van der Waals surface area contributed by atoms with Crippen molar-refractivity contribution in [3.05, 3.63) is 34.3 Å². The summed E-state index contributed by atoms with van der Waals surface area (Å²) in [6.45, 7) is 2.58. The number of likely N-dealkylation sites (tertiary alicyclic amines) is 1. The van der Waals surface area contributed by atoms with Crippen LogP contribution >= 0.6 is 11.6 Å². The van der Waals surface area contributed by atoms with E-state index in [1.807, 2.05) is 17.9 Å². The van der Waals surface area contributed by atoms with Gasteiger partial charge in [-0.2, -0.15) is 0 Å². The molecule has 5 heteroatoms. The number of amides is 1. The average Bonchev–Trinajstić information content (AvgIpc) is 2.47. The Balaban J connectivity index is 2.18. The minimum Gasteiger partial charge on any atom is -0.481 e. The van der Waals surface area contributed by atoms with E-state index in [1.165, 1.54) is 0 Å². The number of carboxylic acid groups (broad SMARTS) is 1. The van der Waals surface area contributed by atoms with E-state index < -0.39 is 5.97 Å². The zero-order chi connectivity index (χ0) is 15.4. The lowest BCUT2D eigenvalue weighted by Gasteiger charge is -2.36. The molecular weight excluding hydrogens is 290 g/mol. The zero-order valence-corrected chi connectivity index (χ0v) is 12.9. The maximum Gasteiger partial charge on any atom is 0.303 e. The molecule has 1 aromatic carbocycles. The highest BCUT2D eigenvalue weighted by molar-refractivity contribution is 6.31. The van der Waals surface area contributed by atoms with Crippen molar-refractivity contribution in [3.63, 3.8) is 0 Å². The van der Waals surface area contributed by atoms with E-state index in [1.54, 1.807) is 12.1 Å². The number of rotatable bonds is 4. The Morgan fingerprint density at radius 3 is 2.86 bits per heavy atom. The van der Waals surface area contributed by atoms with Crippen LogP contribution in [0, 0.1) is 6.92 Å². The molecule has 1 amide bonds. The number of carboxylic acids is 1. The number of aliphatic carboxylic acids is 1. The summed E-state index contributed by atoms with van der Waals surface area (Å²) in [4.78, 5) is 25.3. The lowest BCUT2D eigenvalue weighted by Crippen LogP contribution is -2.44. The average molecular weight is 310 g/mol. The molecule has 1 aromatic rings. The summed E-state index contributed by atoms with van der Waals surface area (Å²) >= 11 is 5.99. The Hall–Kier alpha value is -1.55. The molecule has 0 saturated carbocycles. The van der Waals surface area contributed by atoms with Gasteiger partial charge in [0.15, 0.2) is 0 Å². The van der Waals surface area contributed by atoms with Crippen LogP contribution in [0.3, 0.4) is 0 Å². The van der Waals surface area contributed by atoms with Crippen LogP contribution < -0.4 is 0 Å². The van der Waals surface area contributed by atoms with Crippen LogP contribution in [0.1, 0.15) is 48.0 Å². The summed E-state index contributed by atoms with van der Waals surface area (Å²) in [7, 11) is 0. The fourth-order valence-electron chi connectivity index (χ4n) is 2.84. The molecule has 4 nitrogen and oxygen atoms in total. The summed E-state index contributed by atoms with van der Waals surface area (Å²) in [5.74, 6) is -0.850. The van der Waals surface area contributed by atoms with E-state index in [4.69, 9.17) is 16.7 Å². The number of carbonyl (C=O) groups excluding carboxylic acids is 1. The monoisotopic (exact) mass is 309 g/mol. The second-order valence-corrected chi connectivity index (χ2v) is 5.98. The molecule has 114 valence electrons. The SMILES string of the molecule is Cc1ccc(Cl)cc1C(=O)N1CCCCC1CCC(=O)O. The van der Waals surface area contributed by atoms with Gasteiger partial charge in [0.05, 0.1) is 0 Å². The quantitative estimate of drug-likeness (QED) is 0.926. The van der Waals surface area contributed by atoms with Crippen LogP contribution in [-0.2, 0) is 4.79 Å². The molecule has 21 heavy (non-hydrogen) atoms. The molecule has 1 aliphatic rings. The molecule has 1 atom stereocenters. The topological polar surface area (TPSA) is 57.6 Å². The molecular formula is C16H20ClNO3. The van der Waals surface area contributed by atoms with Crippen molar-refractivity contribution in [1.29, 1.82) is 0 Å². The highest BCUT2D eigenvalue weighted by atomic mass is 35.5. The Morgan fingerprint density at radius 1 is 1.38 bits per heavy atom. The van der Waals surface area contributed by atoms with Crippen molar-refractivity contribution in [2.24, 2.45) is 0 Å². The summed E-state index contributed by atoms with van der Waals surface area (Å²) in [5.41, 5.74) is 1.51. The van der Waals surface area contributed by atoms with Crippen molar-refractivity contribution in [3.8, 4) is 0 Å². The summed E-state index contributed by atoms with van der Waals surface area (Å²) in [5, 5.41) is 9.39. The Morgan fingerprint density at radius 2 is 2.14 bits per heavy atom. The lowest BCUT2D eigenvalue weighted by molar-refractivity contribution is -0.137. The Labute approximate surface area is 129 Å². The van der Waals surface area contributed by atoms with Crippen LogP contribution in [0.2, 0.25) is 5.02 Å². The van der Waals surface area contributed by atoms with Crippen molar-refractivity contribution >= 4 is 23.5 Å². The fourth-order valence-corrected chi connectivity index (χ4v) is 3.01. The van der Waals surface area contributed by atoms with Crippen LogP contribution in [0.15, 0.2) is 18.2 Å². The number of aryl methyl sites for hydroxylation is 1. The van der Waals surface area contributed by atoms with E-state index in [0.717, 1.165) is 24.8 Å². The molecule has 1 unspecified atom stereocenters. The van der Waals surface area contributed by atoms with Gasteiger partial charge in [-0.15, -0.1) is 0 Å². The molecule has 0 radical (unpaired) electrons. The molecule has 0 aromatic heterocycles. The molecule has 1 N–H and O–H groups in total. The number of nitrogens with zero attached hydrogens (tertiary/aromatic N) is 1. The first-order valence-corrected chi connectivity index (χ1v) is 7.65. The Bertz CT molecular complexity index is 544. The molecule has 0 spiro atoms. The van der Waals surface area contributed by atoms with Gasteiger partial charge in [0.25, 0.3) is 5.91 Å². The van der Waals surface area contributed by atoms with Crippen molar-refractivity contribution in [1.82, 2.24) is 4.90 Å². The van der Waals surface area contributed by atoms with Gasteiger partial charge >= 0.3 is 5.97 Å². The highest BCUT2D eigenvalue weighted by Crippen LogP contribution is 2.25. The van der Waals surface area contributed by atoms with Gasteiger partial charge in [0.2, 0.25) is 0 Å². The van der Waals surface area contributed by atoms with E-state index in [2.05, 4.69) is 0 Å². The molecule has 1 fully saturated rings. The Kier molecular flexibility index (Phi) is 5.23. The first-order chi connectivity index (χ1) is 9.99. The number of hydrogen-bond acceptors (Lipinski definition) is 2. The van der Waals surface area contributed by atoms with E-state index in [-0.39, 0.29) is 18.4 Å². The smallest absolute Gasteiger partial charge is 0.303 e. The normalized spacial score (nSPS) is 18.6. The number of hydrogen-bond donors (Lipinski definition) is 1. The largest absolute Gasteiger partial charge is 0.481 e. The fraction of sp³-hybridized carbons (Fsp3) is 0.500. The van der Waals surface area contributed by atoms with Gasteiger partial charge in [-0.05, 0) is 50.3 Å². The van der Waals surface area contributed by atoms with Gasteiger partial charge in [0.1, 0.15) is 0 Å². The van der Waals surface area contributed by atoms with E-state index in [0.29, 0.717) is 23.6 Å². The molecule has 1 saturated heterocycles. The molecule has 0 aliphatic carbocycles. The van der Waals surface area contributed by atoms with Gasteiger partial charge in [-0.25, -0.2) is 0 Å². The van der Waals surface area contributed by atoms with Crippen LogP contribution in [0.5, 0.6) is 0 Å². The standard InChI is InChI=1S/C16H20ClNO3/c1-11-5-6-12(17)10-14(11)16(21)18-9-3-2-4-13(18)7-8-15(19)20/h5-6,10,13H,2-4,7-9H2,1H3,(H,19,20). The van der Waals surface area contributed by atoms with Gasteiger partial charge < -0.3 is 10.0 Å². The van der Waals surface area contributed by atoms with Crippen molar-refractivity contribution < 1.29 is 14.7 Å². The predicted molar refractivity (Wildman–Crippen MR) is 81.7 cm³/mol. The second kappa shape index (κ2) is 6.94. The minimum absolute atomic E-state index is 0.0146. The van der Waals surface area contributed by atoms with Gasteiger partial charge in [0, 0.05) is 29.6 Å². The summed E-state index contributed by atoms with van der Waals surface area (Å²) < 4.78 is 0. The molecule has 1 aliphatic heterocycles. The summed E-state index contributed by atoms with van der Waals surface area (Å²) in [6.07, 6.45) is 3.50. The number of carbonyl (C=O) groups is 2. The third-order valence-electron chi connectivity index (χ3n) is 4.01. The van der Waals surface area contributed by atoms with Crippen LogP contribution in [-0.4, -0.2) is 34.5 Å². The minimum atomic E-state index is -0.813. The van der Waals surface area contributed by atoms with E-state index in [9.17, 15) is 9.59 Å². The molecule has 2 rings (SSSR count). The van der Waals surface area contributed by atoms with Gasteiger partial charge in [-0.1, -0.05) is 17.7 Å². The number of halogens is 1. The molecule has 1 heterocycles. The van der Waals surface area contributed by atoms with Crippen LogP contribution in [0.4, 0.5) is 0 Å². The zero-order valence-electron chi connectivity index (χ0n) is 12.1. The van der Waals surface area contributed by atoms with Crippen molar-refractivity contribution in [2.75, 3.05) is 6.54 Å². The third-order valence-corrected chi connectivity index (χ3v) is 4.24. The maximum atomic E-state index is 12.7. The first kappa shape index (κ1) is 15.8.